The number of benzene rings is 3. The van der Waals surface area contributed by atoms with E-state index in [4.69, 9.17) is 0 Å². The Morgan fingerprint density at radius 3 is 1.35 bits per heavy atom. The molecule has 3 rings (SSSR count). The molecule has 0 aliphatic heterocycles. The van der Waals surface area contributed by atoms with Crippen molar-refractivity contribution >= 4 is 42.2 Å². The van der Waals surface area contributed by atoms with E-state index in [-0.39, 0.29) is 11.5 Å². The second-order valence-electron chi connectivity index (χ2n) is 5.80. The van der Waals surface area contributed by atoms with Gasteiger partial charge in [0.1, 0.15) is 0 Å². The van der Waals surface area contributed by atoms with Crippen molar-refractivity contribution in [3.05, 3.63) is 78.9 Å². The van der Waals surface area contributed by atoms with Crippen molar-refractivity contribution in [1.29, 1.82) is 0 Å². The van der Waals surface area contributed by atoms with E-state index in [1.807, 2.05) is 30.3 Å². The fourth-order valence-corrected chi connectivity index (χ4v) is 9.23. The van der Waals surface area contributed by atoms with Gasteiger partial charge in [-0.05, 0) is 0 Å². The molecule has 0 fully saturated rings. The molecule has 2 N–H and O–H groups in total. The molecule has 23 heavy (non-hydrogen) atoms. The Bertz CT molecular complexity index is 763. The minimum atomic E-state index is -2.68. The molecule has 0 bridgehead atoms. The van der Waals surface area contributed by atoms with Crippen LogP contribution in [0.1, 0.15) is 0 Å². The topological polar surface area (TPSA) is 40.5 Å². The van der Waals surface area contributed by atoms with Gasteiger partial charge >= 0.3 is 149 Å². The van der Waals surface area contributed by atoms with E-state index >= 15 is 0 Å². The molecule has 0 atom stereocenters. The van der Waals surface area contributed by atoms with Gasteiger partial charge in [0.25, 0.3) is 0 Å². The predicted octanol–water partition coefficient (Wildman–Crippen LogP) is 3.91. The number of phenolic OH excluding ortho intramolecular Hbond substituents is 2. The molecule has 0 aliphatic rings. The Morgan fingerprint density at radius 2 is 0.957 bits per heavy atom. The minimum absolute atomic E-state index is 0.266. The van der Waals surface area contributed by atoms with Gasteiger partial charge in [-0.15, -0.1) is 0 Å². The van der Waals surface area contributed by atoms with Crippen LogP contribution in [0.4, 0.5) is 0 Å². The molecule has 0 heterocycles. The summed E-state index contributed by atoms with van der Waals surface area (Å²) in [4.78, 5) is 0. The summed E-state index contributed by atoms with van der Waals surface area (Å²) in [6.45, 7) is 2.29. The monoisotopic (exact) mass is 436 g/mol. The van der Waals surface area contributed by atoms with Gasteiger partial charge in [0.2, 0.25) is 0 Å². The number of phenols is 2. The Hall–Kier alpha value is -1.58. The first-order valence-electron chi connectivity index (χ1n) is 7.29. The van der Waals surface area contributed by atoms with E-state index in [1.54, 1.807) is 24.3 Å². The van der Waals surface area contributed by atoms with Crippen molar-refractivity contribution in [2.24, 2.45) is 0 Å². The van der Waals surface area contributed by atoms with E-state index in [0.717, 1.165) is 0 Å². The van der Waals surface area contributed by atoms with Crippen molar-refractivity contribution in [2.45, 2.75) is 0 Å². The second-order valence-corrected chi connectivity index (χ2v) is 17.4. The molecule has 2 nitrogen and oxygen atoms in total. The third-order valence-electron chi connectivity index (χ3n) is 4.30. The van der Waals surface area contributed by atoms with Crippen molar-refractivity contribution in [3.8, 4) is 11.5 Å². The van der Waals surface area contributed by atoms with Gasteiger partial charge in [-0.3, -0.25) is 0 Å². The molecule has 118 valence electrons. The molecular formula is C19H18IO2P. The van der Waals surface area contributed by atoms with Gasteiger partial charge in [-0.2, -0.15) is 0 Å². The van der Waals surface area contributed by atoms with Gasteiger partial charge in [0.05, 0.1) is 0 Å². The molecule has 3 aromatic rings. The van der Waals surface area contributed by atoms with Crippen LogP contribution in [0.15, 0.2) is 78.9 Å². The van der Waals surface area contributed by atoms with E-state index < -0.39 is 4.25 Å². The fourth-order valence-electron chi connectivity index (χ4n) is 2.84. The van der Waals surface area contributed by atoms with Gasteiger partial charge in [-0.1, -0.05) is 0 Å². The molecular weight excluding hydrogens is 418 g/mol. The maximum atomic E-state index is 9.66. The third-order valence-corrected chi connectivity index (χ3v) is 13.9. The van der Waals surface area contributed by atoms with Gasteiger partial charge < -0.3 is 0 Å². The third kappa shape index (κ3) is 2.73. The Labute approximate surface area is 149 Å². The molecule has 3 aromatic carbocycles. The Morgan fingerprint density at radius 1 is 0.609 bits per heavy atom. The average molecular weight is 436 g/mol. The molecule has 0 spiro atoms. The molecule has 4 heteroatoms. The van der Waals surface area contributed by atoms with Crippen molar-refractivity contribution in [2.75, 3.05) is 6.66 Å². The van der Waals surface area contributed by atoms with E-state index in [0.29, 0.717) is 0 Å². The quantitative estimate of drug-likeness (QED) is 0.483. The number of hydrogen-bond acceptors (Lipinski definition) is 2. The Kier molecular flexibility index (Phi) is 4.11. The van der Waals surface area contributed by atoms with E-state index in [2.05, 4.69) is 53.0 Å². The van der Waals surface area contributed by atoms with Crippen molar-refractivity contribution in [1.82, 2.24) is 0 Å². The van der Waals surface area contributed by atoms with E-state index in [1.165, 1.54) is 15.9 Å². The molecule has 0 aliphatic carbocycles. The van der Waals surface area contributed by atoms with Crippen LogP contribution < -0.4 is 15.9 Å². The number of hydrogen-bond donors (Lipinski definition) is 2. The first-order chi connectivity index (χ1) is 10.9. The zero-order valence-electron chi connectivity index (χ0n) is 12.7. The summed E-state index contributed by atoms with van der Waals surface area (Å²) in [5, 5.41) is 23.0. The predicted molar refractivity (Wildman–Crippen MR) is 108 cm³/mol. The fraction of sp³-hybridized carbons (Fsp3) is 0.0526. The molecule has 0 saturated heterocycles. The Balaban J connectivity index is 2.33. The zero-order chi connectivity index (χ0) is 16.5. The van der Waals surface area contributed by atoms with Crippen molar-refractivity contribution < 1.29 is 10.2 Å². The normalized spacial score (nSPS) is 13.2. The summed E-state index contributed by atoms with van der Waals surface area (Å²) in [6.07, 6.45) is 0. The number of aromatic hydroxyl groups is 2. The molecule has 0 aromatic heterocycles. The molecule has 0 amide bonds. The summed E-state index contributed by atoms with van der Waals surface area (Å²) < 4.78 is -2.68. The molecule has 0 unspecified atom stereocenters. The maximum absolute atomic E-state index is 9.66. The molecule has 0 saturated carbocycles. The summed E-state index contributed by atoms with van der Waals surface area (Å²) in [6, 6.07) is 25.4. The van der Waals surface area contributed by atoms with Crippen LogP contribution in [0.2, 0.25) is 0 Å². The van der Waals surface area contributed by atoms with Crippen LogP contribution in [-0.2, 0) is 0 Å². The van der Waals surface area contributed by atoms with Crippen LogP contribution in [0.25, 0.3) is 0 Å². The number of rotatable bonds is 3. The first-order valence-corrected chi connectivity index (χ1v) is 12.8. The van der Waals surface area contributed by atoms with Crippen LogP contribution in [0.5, 0.6) is 11.5 Å². The summed E-state index contributed by atoms with van der Waals surface area (Å²) in [7, 11) is 0. The zero-order valence-corrected chi connectivity index (χ0v) is 15.8. The van der Waals surface area contributed by atoms with Gasteiger partial charge in [0.15, 0.2) is 0 Å². The summed E-state index contributed by atoms with van der Waals surface area (Å²) in [5.74, 6) is 0.532. The van der Waals surface area contributed by atoms with Crippen LogP contribution in [0.3, 0.4) is 0 Å². The summed E-state index contributed by atoms with van der Waals surface area (Å²) >= 11 is 2.60. The van der Waals surface area contributed by atoms with Crippen LogP contribution >= 0.6 is 26.3 Å². The van der Waals surface area contributed by atoms with Crippen molar-refractivity contribution in [3.63, 3.8) is 0 Å². The summed E-state index contributed by atoms with van der Waals surface area (Å²) in [5.41, 5.74) is 0. The molecule has 0 radical (unpaired) electrons. The van der Waals surface area contributed by atoms with Crippen LogP contribution in [0, 0.1) is 0 Å². The second kappa shape index (κ2) is 5.81. The van der Waals surface area contributed by atoms with Gasteiger partial charge in [-0.25, -0.2) is 0 Å². The average Bonchev–Trinajstić information content (AvgIpc) is 2.57. The van der Waals surface area contributed by atoms with Gasteiger partial charge in [0, 0.05) is 0 Å². The first kappa shape index (κ1) is 16.3. The van der Waals surface area contributed by atoms with E-state index in [9.17, 15) is 10.2 Å². The number of halogens is 1. The SMILES string of the molecule is CP(I)(c1ccccc1)(c1ccc(O)cc1)c1ccc(O)cc1. The van der Waals surface area contributed by atoms with Crippen LogP contribution in [-0.4, -0.2) is 16.9 Å². The standard InChI is InChI=1S/C19H18IO2P/c1-23(20,17-5-3-2-4-6-17,18-11-7-15(21)8-12-18)19-13-9-16(22)10-14-19/h2-14,21-22H,1H3.